The van der Waals surface area contributed by atoms with Gasteiger partial charge in [-0.3, -0.25) is 37.0 Å². The number of aryl methyl sites for hydroxylation is 4. The zero-order valence-corrected chi connectivity index (χ0v) is 89.4. The predicted molar refractivity (Wildman–Crippen MR) is 513 cm³/mol. The first kappa shape index (κ1) is 117. The Morgan fingerprint density at radius 2 is 0.890 bits per heavy atom. The number of rotatable bonds is 21. The molecule has 4 N–H and O–H groups in total. The summed E-state index contributed by atoms with van der Waals surface area (Å²) in [4.78, 5) is 90.0. The Kier molecular flexibility index (Phi) is 52.3. The van der Waals surface area contributed by atoms with E-state index in [4.69, 9.17) is 19.9 Å². The molecule has 0 aliphatic heterocycles. The standard InChI is InChI=1S/C25H28N2O3S.C20H18N2OS.C17H14N2OS.C13H18NS.C10H10N2O.C8H14O2.CH2O3.CH4O.CH4.ClH.HI.2K.Na.H2O.H/c1-4-9-19(14-23(28)30-5-2)27-21-12-7-6-11-20(21)26(25(27)29)15-18-16-31-22-13-8-10-17(3)24(18)22;1-13(2)22-17-9-5-4-8-16(17)21(20(22)23)11-15-12-24-18-10-6-7-14(3)19(15)18;1-11-5-4-8-15-16(11)12(10-21-15)9-19-14-7-3-2-6-13(14)18-17(19)20;1-10-6-5-7-12-13(10)11(9-15-12)8-14(2,3)4;1-7(2)12-9-6-4-3-5-8(9)11-10(12)13;1-3-5-6-7-8(9)10-4-2;2-1-4-3;1-2;;;;;;;;/h6-8,10-13,16,19H,4-5,9,14-15H2,1-3H3;4-10,12H,1,11H2,2-3H3;2-8,10H,9H2,1H3,(H,18,20);5-7,9H,8H2,1-4H3;3-6H,1H2,2H3,(H,11,13);6-7H,3-5H2,1-2H3;1,3H;2H,1H3;1H4;2*1H;;;;1H2;/q;;;+1;;;;;;;;3*+1;;-1/p-3/b;;;;;7-6+;;;;;;;;;;. The number of aliphatic hydroxyl groups is 1. The molecule has 0 aliphatic carbocycles. The third kappa shape index (κ3) is 30.2. The van der Waals surface area contributed by atoms with Crippen LogP contribution in [0.3, 0.4) is 0 Å². The number of benzene rings is 8. The predicted octanol–water partition coefficient (Wildman–Crippen LogP) is 8.63. The average molecular weight is 1990 g/mol. The van der Waals surface area contributed by atoms with Crippen LogP contribution < -0.4 is 184 Å². The van der Waals surface area contributed by atoms with Crippen LogP contribution in [0.5, 0.6) is 0 Å². The minimum atomic E-state index is -0.260. The summed E-state index contributed by atoms with van der Waals surface area (Å²) < 4.78 is 26.6. The number of halogens is 2. The molecule has 16 rings (SSSR count). The first-order valence-electron chi connectivity index (χ1n) is 39.6. The number of fused-ring (bicyclic) bond motifs is 8. The normalized spacial score (nSPS) is 10.6. The number of nitrogens with zero attached hydrogens (tertiary/aromatic N) is 7. The van der Waals surface area contributed by atoms with Gasteiger partial charge in [0.25, 0.3) is 6.47 Å². The van der Waals surface area contributed by atoms with E-state index in [0.29, 0.717) is 32.8 Å². The van der Waals surface area contributed by atoms with Crippen LogP contribution in [0.4, 0.5) is 0 Å². The number of H-pyrrole nitrogens is 2. The van der Waals surface area contributed by atoms with E-state index in [0.717, 1.165) is 105 Å². The number of esters is 2. The third-order valence-electron chi connectivity index (χ3n) is 19.6. The number of aromatic nitrogens is 8. The Hall–Kier alpha value is -6.56. The van der Waals surface area contributed by atoms with Crippen LogP contribution in [0, 0.1) is 27.7 Å². The van der Waals surface area contributed by atoms with E-state index in [1.165, 1.54) is 85.4 Å². The summed E-state index contributed by atoms with van der Waals surface area (Å²) in [6, 6.07) is 56.4. The first-order chi connectivity index (χ1) is 57.8. The van der Waals surface area contributed by atoms with E-state index in [-0.39, 0.29) is 237 Å². The molecule has 1 atom stereocenters. The zero-order chi connectivity index (χ0) is 86.9. The average Bonchev–Trinajstić information content (AvgIpc) is 1.61. The second-order valence-corrected chi connectivity index (χ2v) is 33.2. The number of aliphatic hydroxyl groups excluding tert-OH is 1. The number of imidazole rings is 4. The van der Waals surface area contributed by atoms with Gasteiger partial charge in [0.05, 0.1) is 105 Å². The molecule has 1 unspecified atom stereocenters. The molecule has 0 amide bonds. The van der Waals surface area contributed by atoms with Gasteiger partial charge in [-0.1, -0.05) is 150 Å². The Bertz CT molecular complexity index is 6550. The van der Waals surface area contributed by atoms with Gasteiger partial charge in [-0.05, 0) is 196 Å². The van der Waals surface area contributed by atoms with E-state index in [1.807, 2.05) is 142 Å². The third-order valence-corrected chi connectivity index (χ3v) is 23.6. The van der Waals surface area contributed by atoms with E-state index < -0.39 is 0 Å². The molecule has 0 saturated carbocycles. The van der Waals surface area contributed by atoms with E-state index in [9.17, 15) is 28.8 Å². The second-order valence-electron chi connectivity index (χ2n) is 29.6. The first-order valence-corrected chi connectivity index (χ1v) is 43.2. The number of unbranched alkanes of at least 4 members (excludes halogenated alkanes) is 1. The van der Waals surface area contributed by atoms with Gasteiger partial charge in [-0.25, -0.2) is 24.0 Å². The Morgan fingerprint density at radius 1 is 0.520 bits per heavy atom. The summed E-state index contributed by atoms with van der Waals surface area (Å²) in [5.41, 5.74) is 18.5. The molecule has 0 radical (unpaired) electrons. The molecule has 662 valence electrons. The number of aromatic amines is 2. The van der Waals surface area contributed by atoms with E-state index in [2.05, 4.69) is 190 Å². The minimum absolute atomic E-state index is 0. The van der Waals surface area contributed by atoms with Crippen molar-refractivity contribution in [1.29, 1.82) is 0 Å². The molecule has 0 fully saturated rings. The van der Waals surface area contributed by atoms with Crippen molar-refractivity contribution in [1.82, 2.24) is 37.4 Å². The van der Waals surface area contributed by atoms with Crippen molar-refractivity contribution in [3.05, 3.63) is 303 Å². The van der Waals surface area contributed by atoms with Gasteiger partial charge >= 0.3 is 167 Å². The zero-order valence-electron chi connectivity index (χ0n) is 75.9. The molecule has 127 heavy (non-hydrogen) atoms. The van der Waals surface area contributed by atoms with Gasteiger partial charge in [-0.2, -0.15) is 0 Å². The van der Waals surface area contributed by atoms with Crippen molar-refractivity contribution < 1.29 is 207 Å². The van der Waals surface area contributed by atoms with Crippen LogP contribution in [0.25, 0.3) is 95.9 Å². The largest absolute Gasteiger partial charge is 1.00 e. The minimum Gasteiger partial charge on any atom is -1.00 e. The molecule has 0 spiro atoms. The van der Waals surface area contributed by atoms with Gasteiger partial charge in [-0.15, -0.1) is 57.8 Å². The summed E-state index contributed by atoms with van der Waals surface area (Å²) in [5.74, 6) is -0.500. The second kappa shape index (κ2) is 57.0. The van der Waals surface area contributed by atoms with Crippen molar-refractivity contribution in [3.63, 3.8) is 0 Å². The topological polar surface area (TPSA) is 282 Å². The van der Waals surface area contributed by atoms with Crippen molar-refractivity contribution in [2.24, 2.45) is 0 Å². The van der Waals surface area contributed by atoms with Gasteiger partial charge in [0.15, 0.2) is 0 Å². The number of carbonyl (C=O) groups is 3. The van der Waals surface area contributed by atoms with Gasteiger partial charge < -0.3 is 70.1 Å². The fourth-order valence-corrected chi connectivity index (χ4v) is 18.7. The molecular weight excluding hydrogens is 1880 g/mol. The van der Waals surface area contributed by atoms with Crippen LogP contribution in [-0.2, 0) is 54.9 Å². The van der Waals surface area contributed by atoms with Crippen molar-refractivity contribution in [3.8, 4) is 0 Å². The SMILES string of the molecule is C.C=C(C)n1c(=O)[nH]c2ccccc21.C=C(C)n1c(=O)n(Cc2csc3cccc(C)c23)c2ccccc21.CCC/C=C/C(=O)OCC.CCCC(CC(=O)OCC)n1c(=O)n(Cc2csc3cccc(C)c23)c2ccccc21.CO.Cc1cccc2scc(C[N+](C)(C)C)c12.Cc1cccc2scc(Cn3c(=O)[nH]c4ccccc43)c12.Cl.O=CO[O-].[H-].[I-].[K+].[K+].[Na+].[OH-]. The Balaban J connectivity index is 0.000000772. The molecule has 0 bridgehead atoms. The molecule has 0 saturated heterocycles. The fraction of sp³-hybridized carbons (Fsp3) is 0.281. The molecule has 8 aromatic carbocycles. The van der Waals surface area contributed by atoms with Crippen molar-refractivity contribution in [2.75, 3.05) is 41.5 Å². The number of quaternary nitrogens is 1. The molecule has 8 aromatic heterocycles. The summed E-state index contributed by atoms with van der Waals surface area (Å²) in [6.45, 7) is 31.1. The summed E-state index contributed by atoms with van der Waals surface area (Å²) >= 11 is 7.04. The van der Waals surface area contributed by atoms with Crippen LogP contribution in [0.2, 0.25) is 0 Å². The van der Waals surface area contributed by atoms with Crippen molar-refractivity contribution >= 4 is 172 Å². The Morgan fingerprint density at radius 3 is 1.31 bits per heavy atom. The number of hydrogen-bond acceptors (Lipinski definition) is 17. The number of nitrogens with one attached hydrogen (secondary N) is 2. The molecular formula is C96H114ClIK2N9NaO13S4. The maximum absolute atomic E-state index is 13.7. The smallest absolute Gasteiger partial charge is 1.00 e. The van der Waals surface area contributed by atoms with Crippen molar-refractivity contribution in [2.45, 2.75) is 141 Å². The van der Waals surface area contributed by atoms with Gasteiger partial charge in [0.2, 0.25) is 0 Å². The molecule has 22 nitrogen and oxygen atoms in total. The molecule has 16 aromatic rings. The number of thiophene rings is 4. The van der Waals surface area contributed by atoms with Crippen LogP contribution in [0.15, 0.2) is 236 Å². The monoisotopic (exact) mass is 1990 g/mol. The van der Waals surface area contributed by atoms with Gasteiger partial charge in [0.1, 0.15) is 6.54 Å². The number of carbonyl (C=O) groups excluding carboxylic acids is 3. The number of allylic oxidation sites excluding steroid dienone is 3. The number of hydrogen-bond donors (Lipinski definition) is 3. The van der Waals surface area contributed by atoms with Crippen LogP contribution >= 0.6 is 57.8 Å². The summed E-state index contributed by atoms with van der Waals surface area (Å²) in [7, 11) is 7.71. The summed E-state index contributed by atoms with van der Waals surface area (Å²) in [5, 5.41) is 29.5. The van der Waals surface area contributed by atoms with Crippen LogP contribution in [0.1, 0.15) is 133 Å². The molecule has 8 heterocycles. The molecule has 0 aliphatic rings. The number of para-hydroxylation sites is 8. The van der Waals surface area contributed by atoms with E-state index in [1.54, 1.807) is 61.6 Å². The summed E-state index contributed by atoms with van der Waals surface area (Å²) in [6.07, 6.45) is 7.15. The van der Waals surface area contributed by atoms with Gasteiger partial charge in [0, 0.05) is 81.9 Å². The fourth-order valence-electron chi connectivity index (χ4n) is 14.6. The van der Waals surface area contributed by atoms with E-state index >= 15 is 0 Å². The number of ether oxygens (including phenoxy) is 2. The maximum Gasteiger partial charge on any atom is 1.00 e. The Labute approximate surface area is 889 Å². The molecule has 31 heteroatoms. The maximum atomic E-state index is 13.7. The quantitative estimate of drug-likeness (QED) is 0.00889. The van der Waals surface area contributed by atoms with Crippen LogP contribution in [-0.4, -0.2) is 112 Å².